The van der Waals surface area contributed by atoms with E-state index in [4.69, 9.17) is 9.79 Å². The molecule has 2 fully saturated rings. The van der Waals surface area contributed by atoms with Crippen molar-refractivity contribution in [3.8, 4) is 0 Å². The maximum absolute atomic E-state index is 11.8. The minimum atomic E-state index is -4.45. The second-order valence-electron chi connectivity index (χ2n) is 4.85. The van der Waals surface area contributed by atoms with Gasteiger partial charge in [-0.25, -0.2) is 4.57 Å². The second-order valence-corrected chi connectivity index (χ2v) is 6.09. The Kier molecular flexibility index (Phi) is 2.17. The van der Waals surface area contributed by atoms with Crippen LogP contribution in [0.15, 0.2) is 12.2 Å². The normalized spacial score (nSPS) is 44.6. The molecule has 5 atom stereocenters. The van der Waals surface area contributed by atoms with E-state index in [2.05, 4.69) is 16.7 Å². The van der Waals surface area contributed by atoms with Gasteiger partial charge in [-0.05, 0) is 24.2 Å². The Morgan fingerprint density at radius 2 is 2.06 bits per heavy atom. The van der Waals surface area contributed by atoms with Crippen LogP contribution >= 0.6 is 7.82 Å². The molecule has 3 aliphatic rings. The molecular weight excluding hydrogens is 231 g/mol. The van der Waals surface area contributed by atoms with Crippen molar-refractivity contribution in [1.82, 2.24) is 0 Å². The number of fused-ring (bicyclic) bond motifs is 5. The van der Waals surface area contributed by atoms with Gasteiger partial charge in [0.25, 0.3) is 0 Å². The molecule has 2 saturated carbocycles. The smallest absolute Gasteiger partial charge is 0.303 e. The van der Waals surface area contributed by atoms with Gasteiger partial charge in [0.2, 0.25) is 0 Å². The summed E-state index contributed by atoms with van der Waals surface area (Å²) in [5, 5.41) is 0. The average Bonchev–Trinajstić information content (AvgIpc) is 2.72. The van der Waals surface area contributed by atoms with Gasteiger partial charge >= 0.3 is 7.82 Å². The third-order valence-electron chi connectivity index (χ3n) is 4.10. The topological polar surface area (TPSA) is 83.8 Å². The van der Waals surface area contributed by atoms with Crippen LogP contribution in [0.2, 0.25) is 0 Å². The number of carbonyl (C=O) groups excluding carboxylic acids is 1. The van der Waals surface area contributed by atoms with Gasteiger partial charge in [-0.2, -0.15) is 0 Å². The highest BCUT2D eigenvalue weighted by Gasteiger charge is 2.61. The molecule has 0 radical (unpaired) electrons. The molecule has 3 rings (SSSR count). The molecule has 3 aliphatic carbocycles. The van der Waals surface area contributed by atoms with Crippen molar-refractivity contribution >= 4 is 13.6 Å². The molecule has 0 aromatic carbocycles. The lowest BCUT2D eigenvalue weighted by atomic mass is 9.59. The molecule has 6 heteroatoms. The van der Waals surface area contributed by atoms with E-state index in [9.17, 15) is 9.36 Å². The van der Waals surface area contributed by atoms with Gasteiger partial charge < -0.3 is 9.79 Å². The number of ketones is 1. The van der Waals surface area contributed by atoms with E-state index in [1.54, 1.807) is 0 Å². The molecule has 2 N–H and O–H groups in total. The zero-order chi connectivity index (χ0) is 11.5. The molecule has 0 amide bonds. The maximum Gasteiger partial charge on any atom is 0.469 e. The first-order chi connectivity index (χ1) is 7.47. The zero-order valence-corrected chi connectivity index (χ0v) is 9.42. The Morgan fingerprint density at radius 3 is 2.75 bits per heavy atom. The largest absolute Gasteiger partial charge is 0.469 e. The maximum atomic E-state index is 11.8. The summed E-state index contributed by atoms with van der Waals surface area (Å²) in [7, 11) is -4.45. The van der Waals surface area contributed by atoms with Crippen molar-refractivity contribution in [3.05, 3.63) is 12.2 Å². The lowest BCUT2D eigenvalue weighted by Crippen LogP contribution is -2.51. The fourth-order valence-electron chi connectivity index (χ4n) is 3.50. The Morgan fingerprint density at radius 1 is 1.38 bits per heavy atom. The number of carbonyl (C=O) groups is 1. The number of hydrogen-bond donors (Lipinski definition) is 2. The molecule has 0 aromatic rings. The van der Waals surface area contributed by atoms with E-state index in [-0.39, 0.29) is 30.1 Å². The summed E-state index contributed by atoms with van der Waals surface area (Å²) in [6.45, 7) is -0.138. The molecule has 0 saturated heterocycles. The summed E-state index contributed by atoms with van der Waals surface area (Å²) >= 11 is 0. The number of phosphoric ester groups is 1. The van der Waals surface area contributed by atoms with Gasteiger partial charge in [0.15, 0.2) is 0 Å². The molecular formula is C10H13O5P. The third-order valence-corrected chi connectivity index (χ3v) is 4.59. The summed E-state index contributed by atoms with van der Waals surface area (Å²) in [5.74, 6) is 0.953. The first-order valence-electron chi connectivity index (χ1n) is 5.39. The first kappa shape index (κ1) is 10.7. The molecule has 2 bridgehead atoms. The monoisotopic (exact) mass is 244 g/mol. The quantitative estimate of drug-likeness (QED) is 0.565. The number of phosphoric acid groups is 1. The van der Waals surface area contributed by atoms with Crippen LogP contribution in [-0.2, 0) is 13.9 Å². The van der Waals surface area contributed by atoms with Crippen molar-refractivity contribution in [2.24, 2.45) is 29.6 Å². The van der Waals surface area contributed by atoms with Crippen molar-refractivity contribution in [1.29, 1.82) is 0 Å². The van der Waals surface area contributed by atoms with Gasteiger partial charge in [-0.3, -0.25) is 9.32 Å². The molecule has 5 unspecified atom stereocenters. The molecule has 16 heavy (non-hydrogen) atoms. The molecule has 88 valence electrons. The Hall–Kier alpha value is -0.480. The minimum Gasteiger partial charge on any atom is -0.303 e. The molecule has 5 nitrogen and oxygen atoms in total. The summed E-state index contributed by atoms with van der Waals surface area (Å²) in [6, 6.07) is 0. The van der Waals surface area contributed by atoms with Crippen molar-refractivity contribution in [3.63, 3.8) is 0 Å². The summed E-state index contributed by atoms with van der Waals surface area (Å²) in [5.41, 5.74) is 0. The van der Waals surface area contributed by atoms with E-state index < -0.39 is 7.82 Å². The molecule has 0 heterocycles. The van der Waals surface area contributed by atoms with Gasteiger partial charge in [0.05, 0.1) is 6.61 Å². The highest BCUT2D eigenvalue weighted by Crippen LogP contribution is 2.59. The average molecular weight is 244 g/mol. The van der Waals surface area contributed by atoms with Crippen LogP contribution in [0.1, 0.15) is 6.42 Å². The zero-order valence-electron chi connectivity index (χ0n) is 8.52. The highest BCUT2D eigenvalue weighted by molar-refractivity contribution is 7.46. The molecule has 0 spiro atoms. The van der Waals surface area contributed by atoms with Crippen molar-refractivity contribution < 1.29 is 23.7 Å². The number of rotatable bonds is 3. The van der Waals surface area contributed by atoms with Gasteiger partial charge in [0, 0.05) is 11.8 Å². The number of allylic oxidation sites excluding steroid dienone is 2. The third kappa shape index (κ3) is 1.43. The summed E-state index contributed by atoms with van der Waals surface area (Å²) < 4.78 is 15.0. The Labute approximate surface area is 92.7 Å². The lowest BCUT2D eigenvalue weighted by Gasteiger charge is -2.43. The van der Waals surface area contributed by atoms with Crippen molar-refractivity contribution in [2.75, 3.05) is 6.61 Å². The van der Waals surface area contributed by atoms with E-state index >= 15 is 0 Å². The summed E-state index contributed by atoms with van der Waals surface area (Å²) in [6.07, 6.45) is 5.25. The lowest BCUT2D eigenvalue weighted by molar-refractivity contribution is -0.146. The predicted octanol–water partition coefficient (Wildman–Crippen LogP) is 0.733. The van der Waals surface area contributed by atoms with Crippen LogP contribution in [0.5, 0.6) is 0 Å². The van der Waals surface area contributed by atoms with Crippen LogP contribution in [0, 0.1) is 29.6 Å². The summed E-state index contributed by atoms with van der Waals surface area (Å²) in [4.78, 5) is 29.0. The van der Waals surface area contributed by atoms with Crippen LogP contribution in [-0.4, -0.2) is 22.2 Å². The van der Waals surface area contributed by atoms with Gasteiger partial charge in [-0.1, -0.05) is 12.2 Å². The molecule has 0 aliphatic heterocycles. The van der Waals surface area contributed by atoms with Crippen LogP contribution < -0.4 is 0 Å². The van der Waals surface area contributed by atoms with Gasteiger partial charge in [-0.15, -0.1) is 0 Å². The SMILES string of the molecule is O=C1C(COP(=O)(O)O)C2C3C=CC(C3)C12. The Balaban J connectivity index is 1.69. The predicted molar refractivity (Wildman–Crippen MR) is 54.2 cm³/mol. The van der Waals surface area contributed by atoms with Gasteiger partial charge in [0.1, 0.15) is 5.78 Å². The molecule has 0 aromatic heterocycles. The van der Waals surface area contributed by atoms with Crippen LogP contribution in [0.4, 0.5) is 0 Å². The fraction of sp³-hybridized carbons (Fsp3) is 0.700. The number of hydrogen-bond acceptors (Lipinski definition) is 3. The van der Waals surface area contributed by atoms with E-state index in [1.165, 1.54) is 0 Å². The van der Waals surface area contributed by atoms with Crippen molar-refractivity contribution in [2.45, 2.75) is 6.42 Å². The van der Waals surface area contributed by atoms with E-state index in [0.717, 1.165) is 6.42 Å². The Bertz CT molecular complexity index is 411. The number of Topliss-reactive ketones (excluding diaryl/α,β-unsaturated/α-hetero) is 1. The first-order valence-corrected chi connectivity index (χ1v) is 6.92. The minimum absolute atomic E-state index is 0.0976. The van der Waals surface area contributed by atoms with Crippen LogP contribution in [0.3, 0.4) is 0 Å². The second kappa shape index (κ2) is 3.26. The fourth-order valence-corrected chi connectivity index (χ4v) is 3.85. The van der Waals surface area contributed by atoms with E-state index in [1.807, 2.05) is 0 Å². The standard InChI is InChI=1S/C10H13O5P/c11-10-7(4-15-16(12,13)14)8-5-1-2-6(3-5)9(8)10/h1-2,5-9H,3-4H2,(H2,12,13,14). The van der Waals surface area contributed by atoms with Crippen LogP contribution in [0.25, 0.3) is 0 Å². The highest BCUT2D eigenvalue weighted by atomic mass is 31.2. The van der Waals surface area contributed by atoms with E-state index in [0.29, 0.717) is 11.8 Å².